The first-order valence-corrected chi connectivity index (χ1v) is 11.2. The second-order valence-electron chi connectivity index (χ2n) is 8.23. The van der Waals surface area contributed by atoms with Crippen molar-refractivity contribution < 1.29 is 10.2 Å². The fourth-order valence-electron chi connectivity index (χ4n) is 3.74. The van der Waals surface area contributed by atoms with Crippen LogP contribution < -0.4 is 0 Å². The van der Waals surface area contributed by atoms with Crippen LogP contribution in [0.2, 0.25) is 0 Å². The number of aromatic hydroxyl groups is 2. The fraction of sp³-hybridized carbons (Fsp3) is 0.286. The van der Waals surface area contributed by atoms with Gasteiger partial charge >= 0.3 is 0 Å². The fourth-order valence-corrected chi connectivity index (χ4v) is 3.74. The van der Waals surface area contributed by atoms with Gasteiger partial charge in [0.15, 0.2) is 0 Å². The topological polar surface area (TPSA) is 65.2 Å². The van der Waals surface area contributed by atoms with E-state index in [1.54, 1.807) is 12.4 Å². The van der Waals surface area contributed by atoms with E-state index in [0.29, 0.717) is 0 Å². The molecule has 0 amide bonds. The molecule has 0 aliphatic carbocycles. The molecule has 0 saturated carbocycles. The lowest BCUT2D eigenvalue weighted by Crippen LogP contribution is -1.92. The van der Waals surface area contributed by atoms with Gasteiger partial charge in [-0.15, -0.1) is 0 Å². The average Bonchev–Trinajstić information content (AvgIpc) is 2.77. The van der Waals surface area contributed by atoms with Gasteiger partial charge < -0.3 is 10.2 Å². The van der Waals surface area contributed by atoms with Gasteiger partial charge in [0.05, 0.1) is 11.4 Å². The van der Waals surface area contributed by atoms with Crippen LogP contribution in [-0.2, 0) is 12.8 Å². The van der Waals surface area contributed by atoms with Crippen LogP contribution >= 0.6 is 0 Å². The molecule has 0 heterocycles. The normalized spacial score (nSPS) is 11.6. The molecule has 4 heteroatoms. The third-order valence-corrected chi connectivity index (χ3v) is 5.41. The highest BCUT2D eigenvalue weighted by Crippen LogP contribution is 2.26. The van der Waals surface area contributed by atoms with E-state index in [9.17, 15) is 10.2 Å². The van der Waals surface area contributed by atoms with Gasteiger partial charge in [-0.3, -0.25) is 9.98 Å². The van der Waals surface area contributed by atoms with Crippen LogP contribution in [0.4, 0.5) is 11.4 Å². The van der Waals surface area contributed by atoms with Crippen molar-refractivity contribution in [2.24, 2.45) is 9.98 Å². The monoisotopic (exact) mass is 428 g/mol. The summed E-state index contributed by atoms with van der Waals surface area (Å²) >= 11 is 0. The summed E-state index contributed by atoms with van der Waals surface area (Å²) < 4.78 is 0. The van der Waals surface area contributed by atoms with Crippen LogP contribution in [0.25, 0.3) is 0 Å². The lowest BCUT2D eigenvalue weighted by Gasteiger charge is -2.07. The SMILES string of the molecule is CCCc1cc(C)c(O)c(C=Nc2ccc(N=Cc3cc(CCC)cc(C)c3O)cc2)c1. The number of aryl methyl sites for hydroxylation is 4. The predicted octanol–water partition coefficient (Wildman–Crippen LogP) is 7.12. The van der Waals surface area contributed by atoms with E-state index in [0.717, 1.165) is 59.3 Å². The zero-order valence-corrected chi connectivity index (χ0v) is 19.4. The minimum Gasteiger partial charge on any atom is -0.507 e. The first-order chi connectivity index (χ1) is 15.4. The Hall–Kier alpha value is -3.40. The molecule has 0 aromatic heterocycles. The molecular formula is C28H32N2O2. The molecule has 0 fully saturated rings. The molecule has 166 valence electrons. The molecule has 32 heavy (non-hydrogen) atoms. The molecule has 3 aromatic carbocycles. The lowest BCUT2D eigenvalue weighted by molar-refractivity contribution is 0.469. The summed E-state index contributed by atoms with van der Waals surface area (Å²) in [6, 6.07) is 15.6. The molecule has 2 N–H and O–H groups in total. The summed E-state index contributed by atoms with van der Waals surface area (Å²) in [7, 11) is 0. The molecule has 0 atom stereocenters. The number of phenolic OH excluding ortho intramolecular Hbond substituents is 2. The zero-order chi connectivity index (χ0) is 23.1. The van der Waals surface area contributed by atoms with Gasteiger partial charge in [-0.25, -0.2) is 0 Å². The second kappa shape index (κ2) is 10.8. The van der Waals surface area contributed by atoms with Gasteiger partial charge in [0.2, 0.25) is 0 Å². The molecule has 0 aliphatic rings. The van der Waals surface area contributed by atoms with Crippen molar-refractivity contribution in [3.8, 4) is 11.5 Å². The molecule has 0 radical (unpaired) electrons. The maximum absolute atomic E-state index is 10.4. The quantitative estimate of drug-likeness (QED) is 0.375. The molecule has 0 aliphatic heterocycles. The van der Waals surface area contributed by atoms with Crippen LogP contribution in [-0.4, -0.2) is 22.6 Å². The minimum absolute atomic E-state index is 0.273. The maximum atomic E-state index is 10.4. The van der Waals surface area contributed by atoms with E-state index in [4.69, 9.17) is 0 Å². The van der Waals surface area contributed by atoms with Crippen LogP contribution in [0.3, 0.4) is 0 Å². The van der Waals surface area contributed by atoms with Crippen molar-refractivity contribution in [1.29, 1.82) is 0 Å². The third-order valence-electron chi connectivity index (χ3n) is 5.41. The Morgan fingerprint density at radius 3 is 1.38 bits per heavy atom. The van der Waals surface area contributed by atoms with E-state index in [-0.39, 0.29) is 11.5 Å². The Labute approximate surface area is 191 Å². The first-order valence-electron chi connectivity index (χ1n) is 11.2. The average molecular weight is 429 g/mol. The van der Waals surface area contributed by atoms with Crippen LogP contribution in [0.15, 0.2) is 58.5 Å². The standard InChI is InChI=1S/C28H32N2O2/c1-5-7-21-13-19(3)27(31)23(15-21)17-29-25-9-11-26(12-10-25)30-18-24-16-22(8-6-2)14-20(4)28(24)32/h9-18,31-32H,5-8H2,1-4H3. The Kier molecular flexibility index (Phi) is 7.82. The lowest BCUT2D eigenvalue weighted by atomic mass is 10.0. The van der Waals surface area contributed by atoms with Gasteiger partial charge in [-0.05, 0) is 85.3 Å². The first kappa shape index (κ1) is 23.3. The largest absolute Gasteiger partial charge is 0.507 e. The van der Waals surface area contributed by atoms with Crippen LogP contribution in [0.1, 0.15) is 60.1 Å². The summed E-state index contributed by atoms with van der Waals surface area (Å²) in [5.74, 6) is 0.547. The molecule has 3 aromatic rings. The maximum Gasteiger partial charge on any atom is 0.127 e. The van der Waals surface area contributed by atoms with Crippen molar-refractivity contribution in [2.45, 2.75) is 53.4 Å². The van der Waals surface area contributed by atoms with Crippen LogP contribution in [0, 0.1) is 13.8 Å². The number of rotatable bonds is 8. The molecule has 0 spiro atoms. The second-order valence-corrected chi connectivity index (χ2v) is 8.23. The Morgan fingerprint density at radius 2 is 1.03 bits per heavy atom. The van der Waals surface area contributed by atoms with E-state index in [1.807, 2.05) is 62.4 Å². The summed E-state index contributed by atoms with van der Waals surface area (Å²) in [6.45, 7) is 8.11. The smallest absolute Gasteiger partial charge is 0.127 e. The summed E-state index contributed by atoms with van der Waals surface area (Å²) in [4.78, 5) is 9.04. The van der Waals surface area contributed by atoms with E-state index >= 15 is 0 Å². The number of nitrogens with zero attached hydrogens (tertiary/aromatic N) is 2. The highest BCUT2D eigenvalue weighted by atomic mass is 16.3. The summed E-state index contributed by atoms with van der Waals surface area (Å²) in [6.07, 6.45) is 7.49. The van der Waals surface area contributed by atoms with Crippen molar-refractivity contribution in [2.75, 3.05) is 0 Å². The molecular weight excluding hydrogens is 396 g/mol. The van der Waals surface area contributed by atoms with Crippen molar-refractivity contribution in [1.82, 2.24) is 0 Å². The van der Waals surface area contributed by atoms with E-state index in [2.05, 4.69) is 23.8 Å². The Morgan fingerprint density at radius 1 is 0.656 bits per heavy atom. The van der Waals surface area contributed by atoms with E-state index in [1.165, 1.54) is 11.1 Å². The number of aliphatic imine (C=N–C) groups is 2. The predicted molar refractivity (Wildman–Crippen MR) is 135 cm³/mol. The minimum atomic E-state index is 0.273. The van der Waals surface area contributed by atoms with Crippen LogP contribution in [0.5, 0.6) is 11.5 Å². The zero-order valence-electron chi connectivity index (χ0n) is 19.4. The molecule has 0 bridgehead atoms. The number of phenols is 2. The number of hydrogen-bond acceptors (Lipinski definition) is 4. The summed E-state index contributed by atoms with van der Waals surface area (Å²) in [5.41, 5.74) is 7.16. The number of benzene rings is 3. The van der Waals surface area contributed by atoms with Gasteiger partial charge in [0.25, 0.3) is 0 Å². The van der Waals surface area contributed by atoms with E-state index < -0.39 is 0 Å². The number of hydrogen-bond donors (Lipinski definition) is 2. The van der Waals surface area contributed by atoms with Gasteiger partial charge in [-0.2, -0.15) is 0 Å². The Balaban J connectivity index is 1.76. The summed E-state index contributed by atoms with van der Waals surface area (Å²) in [5, 5.41) is 20.7. The van der Waals surface area contributed by atoms with Gasteiger partial charge in [0.1, 0.15) is 11.5 Å². The molecule has 0 saturated heterocycles. The Bertz CT molecular complexity index is 1040. The molecule has 0 unspecified atom stereocenters. The van der Waals surface area contributed by atoms with Gasteiger partial charge in [-0.1, -0.05) is 38.8 Å². The van der Waals surface area contributed by atoms with Crippen molar-refractivity contribution in [3.05, 3.63) is 81.9 Å². The highest BCUT2D eigenvalue weighted by Gasteiger charge is 2.06. The van der Waals surface area contributed by atoms with Crippen molar-refractivity contribution in [3.63, 3.8) is 0 Å². The molecule has 4 nitrogen and oxygen atoms in total. The highest BCUT2D eigenvalue weighted by molar-refractivity contribution is 5.87. The third kappa shape index (κ3) is 5.85. The van der Waals surface area contributed by atoms with Crippen molar-refractivity contribution >= 4 is 23.8 Å². The molecule has 3 rings (SSSR count). The van der Waals surface area contributed by atoms with Gasteiger partial charge in [0, 0.05) is 23.6 Å².